The summed E-state index contributed by atoms with van der Waals surface area (Å²) < 4.78 is 0. The molecule has 2 aliphatic carbocycles. The molecular formula is C14H23NO. The summed E-state index contributed by atoms with van der Waals surface area (Å²) in [6.07, 6.45) is 15.1. The summed E-state index contributed by atoms with van der Waals surface area (Å²) in [5.74, 6) is 0.772. The molecule has 0 saturated heterocycles. The summed E-state index contributed by atoms with van der Waals surface area (Å²) in [6.45, 7) is 0. The first-order valence-corrected chi connectivity index (χ1v) is 6.80. The second kappa shape index (κ2) is 6.07. The van der Waals surface area contributed by atoms with Crippen LogP contribution in [-0.4, -0.2) is 11.9 Å². The van der Waals surface area contributed by atoms with Gasteiger partial charge in [0.2, 0.25) is 5.91 Å². The lowest BCUT2D eigenvalue weighted by molar-refractivity contribution is -0.122. The van der Waals surface area contributed by atoms with E-state index >= 15 is 0 Å². The highest BCUT2D eigenvalue weighted by Crippen LogP contribution is 2.21. The molecule has 0 unspecified atom stereocenters. The average molecular weight is 221 g/mol. The molecule has 1 N–H and O–H groups in total. The highest BCUT2D eigenvalue weighted by molar-refractivity contribution is 5.76. The predicted octanol–water partition coefficient (Wildman–Crippen LogP) is 3.18. The van der Waals surface area contributed by atoms with Gasteiger partial charge < -0.3 is 5.32 Å². The Morgan fingerprint density at radius 3 is 2.50 bits per heavy atom. The standard InChI is InChI=1S/C14H23NO/c16-14(11-12-7-5-6-8-12)15-13-9-3-1-2-4-10-13/h5,7,12-13H,1-4,6,8-11H2,(H,15,16)/t12-/m1/s1. The van der Waals surface area contributed by atoms with Gasteiger partial charge >= 0.3 is 0 Å². The maximum Gasteiger partial charge on any atom is 0.220 e. The SMILES string of the molecule is O=C(C[C@@H]1C=CCC1)NC1CCCCCC1. The molecule has 0 aromatic carbocycles. The van der Waals surface area contributed by atoms with E-state index in [2.05, 4.69) is 17.5 Å². The van der Waals surface area contributed by atoms with Crippen molar-refractivity contribution >= 4 is 5.91 Å². The number of allylic oxidation sites excluding steroid dienone is 2. The maximum atomic E-state index is 11.8. The third-order valence-corrected chi connectivity index (χ3v) is 3.78. The van der Waals surface area contributed by atoms with Crippen molar-refractivity contribution in [3.63, 3.8) is 0 Å². The molecule has 90 valence electrons. The Balaban J connectivity index is 1.70. The number of carbonyl (C=O) groups excluding carboxylic acids is 1. The zero-order chi connectivity index (χ0) is 11.2. The van der Waals surface area contributed by atoms with Crippen LogP contribution in [0, 0.1) is 5.92 Å². The van der Waals surface area contributed by atoms with E-state index in [0.717, 1.165) is 12.8 Å². The highest BCUT2D eigenvalue weighted by Gasteiger charge is 2.18. The molecule has 1 saturated carbocycles. The lowest BCUT2D eigenvalue weighted by atomic mass is 10.0. The molecule has 0 aromatic rings. The molecule has 2 nitrogen and oxygen atoms in total. The Labute approximate surface area is 98.5 Å². The third-order valence-electron chi connectivity index (χ3n) is 3.78. The Kier molecular flexibility index (Phi) is 4.44. The number of carbonyl (C=O) groups is 1. The van der Waals surface area contributed by atoms with Gasteiger partial charge in [-0.05, 0) is 31.6 Å². The van der Waals surface area contributed by atoms with Crippen LogP contribution in [-0.2, 0) is 4.79 Å². The van der Waals surface area contributed by atoms with Crippen molar-refractivity contribution in [2.24, 2.45) is 5.92 Å². The van der Waals surface area contributed by atoms with Gasteiger partial charge in [-0.25, -0.2) is 0 Å². The van der Waals surface area contributed by atoms with E-state index in [1.807, 2.05) is 0 Å². The Morgan fingerprint density at radius 1 is 1.12 bits per heavy atom. The predicted molar refractivity (Wildman–Crippen MR) is 66.1 cm³/mol. The zero-order valence-corrected chi connectivity index (χ0v) is 10.1. The van der Waals surface area contributed by atoms with Crippen LogP contribution in [0.2, 0.25) is 0 Å². The second-order valence-corrected chi connectivity index (χ2v) is 5.23. The van der Waals surface area contributed by atoms with Gasteiger partial charge in [-0.2, -0.15) is 0 Å². The molecular weight excluding hydrogens is 198 g/mol. The molecule has 0 aliphatic heterocycles. The molecule has 0 bridgehead atoms. The Morgan fingerprint density at radius 2 is 1.88 bits per heavy atom. The first-order valence-electron chi connectivity index (χ1n) is 6.80. The van der Waals surface area contributed by atoms with Gasteiger partial charge in [0.25, 0.3) is 0 Å². The van der Waals surface area contributed by atoms with Gasteiger partial charge in [0.15, 0.2) is 0 Å². The average Bonchev–Trinajstić information content (AvgIpc) is 2.62. The van der Waals surface area contributed by atoms with Gasteiger partial charge in [-0.3, -0.25) is 4.79 Å². The van der Waals surface area contributed by atoms with Crippen molar-refractivity contribution in [1.29, 1.82) is 0 Å². The van der Waals surface area contributed by atoms with Crippen molar-refractivity contribution in [3.8, 4) is 0 Å². The van der Waals surface area contributed by atoms with E-state index in [9.17, 15) is 4.79 Å². The number of amides is 1. The molecule has 0 aromatic heterocycles. The van der Waals surface area contributed by atoms with E-state index in [0.29, 0.717) is 18.4 Å². The largest absolute Gasteiger partial charge is 0.353 e. The molecule has 2 heteroatoms. The minimum atomic E-state index is 0.267. The molecule has 16 heavy (non-hydrogen) atoms. The van der Waals surface area contributed by atoms with E-state index in [1.54, 1.807) is 0 Å². The summed E-state index contributed by atoms with van der Waals surface area (Å²) in [7, 11) is 0. The van der Waals surface area contributed by atoms with E-state index in [4.69, 9.17) is 0 Å². The summed E-state index contributed by atoms with van der Waals surface area (Å²) in [4.78, 5) is 11.8. The Bertz CT molecular complexity index is 251. The van der Waals surface area contributed by atoms with E-state index in [-0.39, 0.29) is 5.91 Å². The van der Waals surface area contributed by atoms with Crippen LogP contribution in [0.15, 0.2) is 12.2 Å². The zero-order valence-electron chi connectivity index (χ0n) is 10.1. The van der Waals surface area contributed by atoms with Crippen molar-refractivity contribution in [2.45, 2.75) is 63.8 Å². The van der Waals surface area contributed by atoms with Crippen LogP contribution in [0.1, 0.15) is 57.8 Å². The van der Waals surface area contributed by atoms with Gasteiger partial charge in [0.05, 0.1) is 0 Å². The normalized spacial score (nSPS) is 26.6. The highest BCUT2D eigenvalue weighted by atomic mass is 16.1. The van der Waals surface area contributed by atoms with Crippen molar-refractivity contribution in [3.05, 3.63) is 12.2 Å². The quantitative estimate of drug-likeness (QED) is 0.575. The summed E-state index contributed by atoms with van der Waals surface area (Å²) in [5.41, 5.74) is 0. The third kappa shape index (κ3) is 3.66. The van der Waals surface area contributed by atoms with Gasteiger partial charge in [0.1, 0.15) is 0 Å². The number of nitrogens with one attached hydrogen (secondary N) is 1. The van der Waals surface area contributed by atoms with Gasteiger partial charge in [-0.1, -0.05) is 37.8 Å². The fourth-order valence-corrected chi connectivity index (χ4v) is 2.81. The van der Waals surface area contributed by atoms with Crippen LogP contribution in [0.3, 0.4) is 0 Å². The smallest absolute Gasteiger partial charge is 0.220 e. The summed E-state index contributed by atoms with van der Waals surface area (Å²) in [5, 5.41) is 3.21. The molecule has 2 aliphatic rings. The number of rotatable bonds is 3. The van der Waals surface area contributed by atoms with Crippen LogP contribution in [0.4, 0.5) is 0 Å². The summed E-state index contributed by atoms with van der Waals surface area (Å²) in [6, 6.07) is 0.459. The van der Waals surface area contributed by atoms with E-state index in [1.165, 1.54) is 38.5 Å². The lowest BCUT2D eigenvalue weighted by Gasteiger charge is -2.17. The summed E-state index contributed by atoms with van der Waals surface area (Å²) >= 11 is 0. The monoisotopic (exact) mass is 221 g/mol. The second-order valence-electron chi connectivity index (χ2n) is 5.23. The molecule has 0 spiro atoms. The van der Waals surface area contributed by atoms with Crippen molar-refractivity contribution in [2.75, 3.05) is 0 Å². The van der Waals surface area contributed by atoms with Crippen LogP contribution in [0.5, 0.6) is 0 Å². The Hall–Kier alpha value is -0.790. The lowest BCUT2D eigenvalue weighted by Crippen LogP contribution is -2.35. The van der Waals surface area contributed by atoms with Crippen molar-refractivity contribution in [1.82, 2.24) is 5.32 Å². The van der Waals surface area contributed by atoms with E-state index < -0.39 is 0 Å². The topological polar surface area (TPSA) is 29.1 Å². The number of hydrogen-bond acceptors (Lipinski definition) is 1. The van der Waals surface area contributed by atoms with Crippen LogP contribution < -0.4 is 5.32 Å². The van der Waals surface area contributed by atoms with Gasteiger partial charge in [-0.15, -0.1) is 0 Å². The maximum absolute atomic E-state index is 11.8. The molecule has 0 radical (unpaired) electrons. The fraction of sp³-hybridized carbons (Fsp3) is 0.786. The van der Waals surface area contributed by atoms with Gasteiger partial charge in [0, 0.05) is 12.5 Å². The fourth-order valence-electron chi connectivity index (χ4n) is 2.81. The minimum Gasteiger partial charge on any atom is -0.353 e. The minimum absolute atomic E-state index is 0.267. The molecule has 1 atom stereocenters. The van der Waals surface area contributed by atoms with Crippen molar-refractivity contribution < 1.29 is 4.79 Å². The van der Waals surface area contributed by atoms with Crippen LogP contribution in [0.25, 0.3) is 0 Å². The molecule has 2 rings (SSSR count). The first kappa shape index (κ1) is 11.7. The first-order chi connectivity index (χ1) is 7.84. The molecule has 1 fully saturated rings. The van der Waals surface area contributed by atoms with Crippen LogP contribution >= 0.6 is 0 Å². The molecule has 1 amide bonds. The molecule has 0 heterocycles. The number of hydrogen-bond donors (Lipinski definition) is 1.